The van der Waals surface area contributed by atoms with E-state index < -0.39 is 6.04 Å². The third kappa shape index (κ3) is 4.67. The second-order valence-corrected chi connectivity index (χ2v) is 6.38. The molecule has 1 aromatic carbocycles. The van der Waals surface area contributed by atoms with Gasteiger partial charge in [0.25, 0.3) is 0 Å². The quantitative estimate of drug-likeness (QED) is 0.802. The maximum atomic E-state index is 12.8. The van der Waals surface area contributed by atoms with E-state index >= 15 is 0 Å². The molecular formula is C18H22N4O3. The van der Waals surface area contributed by atoms with Crippen LogP contribution in [-0.4, -0.2) is 41.5 Å². The summed E-state index contributed by atoms with van der Waals surface area (Å²) in [5, 5.41) is 9.49. The molecule has 25 heavy (non-hydrogen) atoms. The number of anilines is 1. The van der Waals surface area contributed by atoms with Crippen LogP contribution in [0.15, 0.2) is 40.9 Å². The lowest BCUT2D eigenvalue weighted by Crippen LogP contribution is -2.41. The number of hydrogen-bond acceptors (Lipinski definition) is 5. The first-order valence-electron chi connectivity index (χ1n) is 8.31. The van der Waals surface area contributed by atoms with Crippen molar-refractivity contribution in [3.63, 3.8) is 0 Å². The number of aromatic nitrogens is 1. The third-order valence-electron chi connectivity index (χ3n) is 4.02. The van der Waals surface area contributed by atoms with Crippen LogP contribution >= 0.6 is 0 Å². The second kappa shape index (κ2) is 7.48. The summed E-state index contributed by atoms with van der Waals surface area (Å²) in [6.07, 6.45) is 2.06. The normalized spacial score (nSPS) is 15.0. The molecule has 0 radical (unpaired) electrons. The van der Waals surface area contributed by atoms with Gasteiger partial charge in [-0.2, -0.15) is 0 Å². The van der Waals surface area contributed by atoms with Crippen molar-refractivity contribution in [3.05, 3.63) is 47.7 Å². The van der Waals surface area contributed by atoms with Crippen molar-refractivity contribution in [2.45, 2.75) is 31.8 Å². The van der Waals surface area contributed by atoms with E-state index in [0.717, 1.165) is 18.4 Å². The first kappa shape index (κ1) is 17.2. The fourth-order valence-electron chi connectivity index (χ4n) is 2.68. The minimum absolute atomic E-state index is 0.0731. The summed E-state index contributed by atoms with van der Waals surface area (Å²) < 4.78 is 4.98. The third-order valence-corrected chi connectivity index (χ3v) is 4.02. The standard InChI is InChI=1S/C18H22N4O3/c1-12-10-15(21-25-12)20-18(24)17(13-6-4-3-5-7-13)22(2)11-16(23)19-14-8-9-14/h3-7,10,14,17H,8-9,11H2,1-2H3,(H,19,23)(H,20,21,24)/t17-/m1/s1. The summed E-state index contributed by atoms with van der Waals surface area (Å²) in [5.41, 5.74) is 0.807. The summed E-state index contributed by atoms with van der Waals surface area (Å²) in [4.78, 5) is 26.7. The molecule has 132 valence electrons. The zero-order valence-electron chi connectivity index (χ0n) is 14.4. The lowest BCUT2D eigenvalue weighted by atomic mass is 10.0. The van der Waals surface area contributed by atoms with Gasteiger partial charge in [-0.05, 0) is 32.4 Å². The number of amides is 2. The molecule has 0 spiro atoms. The molecule has 1 heterocycles. The predicted octanol–water partition coefficient (Wildman–Crippen LogP) is 1.87. The monoisotopic (exact) mass is 342 g/mol. The maximum Gasteiger partial charge on any atom is 0.247 e. The molecule has 0 bridgehead atoms. The van der Waals surface area contributed by atoms with Gasteiger partial charge in [-0.15, -0.1) is 0 Å². The highest BCUT2D eigenvalue weighted by atomic mass is 16.5. The number of benzene rings is 1. The average Bonchev–Trinajstić information content (AvgIpc) is 3.28. The number of nitrogens with one attached hydrogen (secondary N) is 2. The number of rotatable bonds is 7. The average molecular weight is 342 g/mol. The van der Waals surface area contributed by atoms with Crippen LogP contribution in [0.2, 0.25) is 0 Å². The van der Waals surface area contributed by atoms with Crippen molar-refractivity contribution < 1.29 is 14.1 Å². The van der Waals surface area contributed by atoms with Crippen molar-refractivity contribution in [2.24, 2.45) is 0 Å². The van der Waals surface area contributed by atoms with E-state index in [-0.39, 0.29) is 18.4 Å². The number of carbonyl (C=O) groups excluding carboxylic acids is 2. The number of aryl methyl sites for hydroxylation is 1. The molecule has 1 fully saturated rings. The Morgan fingerprint density at radius 3 is 2.64 bits per heavy atom. The van der Waals surface area contributed by atoms with Crippen LogP contribution in [0, 0.1) is 6.92 Å². The number of nitrogens with zero attached hydrogens (tertiary/aromatic N) is 2. The maximum absolute atomic E-state index is 12.8. The van der Waals surface area contributed by atoms with Crippen molar-refractivity contribution in [2.75, 3.05) is 18.9 Å². The van der Waals surface area contributed by atoms with Crippen LogP contribution in [0.25, 0.3) is 0 Å². The molecule has 7 nitrogen and oxygen atoms in total. The summed E-state index contributed by atoms with van der Waals surface area (Å²) in [7, 11) is 1.76. The van der Waals surface area contributed by atoms with Crippen molar-refractivity contribution >= 4 is 17.6 Å². The van der Waals surface area contributed by atoms with Gasteiger partial charge in [-0.3, -0.25) is 14.5 Å². The van der Waals surface area contributed by atoms with Crippen molar-refractivity contribution in [1.82, 2.24) is 15.4 Å². The molecular weight excluding hydrogens is 320 g/mol. The van der Waals surface area contributed by atoms with Crippen LogP contribution in [0.1, 0.15) is 30.2 Å². The minimum atomic E-state index is -0.608. The smallest absolute Gasteiger partial charge is 0.247 e. The summed E-state index contributed by atoms with van der Waals surface area (Å²) in [6.45, 7) is 1.90. The molecule has 1 atom stereocenters. The molecule has 1 aliphatic rings. The van der Waals surface area contributed by atoms with Gasteiger partial charge in [0.15, 0.2) is 5.82 Å². The highest BCUT2D eigenvalue weighted by molar-refractivity contribution is 5.95. The predicted molar refractivity (Wildman–Crippen MR) is 92.8 cm³/mol. The Labute approximate surface area is 146 Å². The Morgan fingerprint density at radius 1 is 1.32 bits per heavy atom. The van der Waals surface area contributed by atoms with Crippen LogP contribution in [0.4, 0.5) is 5.82 Å². The molecule has 2 aromatic rings. The lowest BCUT2D eigenvalue weighted by Gasteiger charge is -2.26. The van der Waals surface area contributed by atoms with E-state index in [2.05, 4.69) is 15.8 Å². The van der Waals surface area contributed by atoms with E-state index in [9.17, 15) is 9.59 Å². The fourth-order valence-corrected chi connectivity index (χ4v) is 2.68. The SMILES string of the molecule is Cc1cc(NC(=O)[C@@H](c2ccccc2)N(C)CC(=O)NC2CC2)no1. The zero-order valence-corrected chi connectivity index (χ0v) is 14.4. The van der Waals surface area contributed by atoms with Crippen molar-refractivity contribution in [1.29, 1.82) is 0 Å². The first-order chi connectivity index (χ1) is 12.0. The van der Waals surface area contributed by atoms with Crippen LogP contribution in [-0.2, 0) is 9.59 Å². The molecule has 0 saturated heterocycles. The van der Waals surface area contributed by atoms with Gasteiger partial charge in [0, 0.05) is 12.1 Å². The van der Waals surface area contributed by atoms with E-state index in [1.165, 1.54) is 0 Å². The van der Waals surface area contributed by atoms with Gasteiger partial charge in [-0.25, -0.2) is 0 Å². The van der Waals surface area contributed by atoms with E-state index in [1.807, 2.05) is 30.3 Å². The molecule has 1 saturated carbocycles. The van der Waals surface area contributed by atoms with E-state index in [1.54, 1.807) is 24.9 Å². The number of hydrogen-bond donors (Lipinski definition) is 2. The zero-order chi connectivity index (χ0) is 17.8. The lowest BCUT2D eigenvalue weighted by molar-refractivity contribution is -0.125. The molecule has 0 aliphatic heterocycles. The Morgan fingerprint density at radius 2 is 2.04 bits per heavy atom. The molecule has 1 aliphatic carbocycles. The second-order valence-electron chi connectivity index (χ2n) is 6.38. The Hall–Kier alpha value is -2.67. The van der Waals surface area contributed by atoms with Gasteiger partial charge < -0.3 is 15.2 Å². The molecule has 0 unspecified atom stereocenters. The topological polar surface area (TPSA) is 87.5 Å². The highest BCUT2D eigenvalue weighted by Gasteiger charge is 2.29. The number of likely N-dealkylation sites (N-methyl/N-ethyl adjacent to an activating group) is 1. The summed E-state index contributed by atoms with van der Waals surface area (Å²) >= 11 is 0. The van der Waals surface area contributed by atoms with Crippen LogP contribution in [0.5, 0.6) is 0 Å². The molecule has 2 amide bonds. The van der Waals surface area contributed by atoms with Gasteiger partial charge in [0.05, 0.1) is 6.54 Å². The highest BCUT2D eigenvalue weighted by Crippen LogP contribution is 2.22. The molecule has 2 N–H and O–H groups in total. The van der Waals surface area contributed by atoms with E-state index in [0.29, 0.717) is 17.6 Å². The van der Waals surface area contributed by atoms with Gasteiger partial charge in [-0.1, -0.05) is 35.5 Å². The van der Waals surface area contributed by atoms with Crippen LogP contribution < -0.4 is 10.6 Å². The Kier molecular flexibility index (Phi) is 5.14. The molecule has 3 rings (SSSR count). The van der Waals surface area contributed by atoms with E-state index in [4.69, 9.17) is 4.52 Å². The largest absolute Gasteiger partial charge is 0.360 e. The summed E-state index contributed by atoms with van der Waals surface area (Å²) in [5.74, 6) is 0.639. The van der Waals surface area contributed by atoms with Crippen LogP contribution in [0.3, 0.4) is 0 Å². The van der Waals surface area contributed by atoms with Gasteiger partial charge in [0.2, 0.25) is 11.8 Å². The summed E-state index contributed by atoms with van der Waals surface area (Å²) in [6, 6.07) is 10.7. The van der Waals surface area contributed by atoms with Gasteiger partial charge >= 0.3 is 0 Å². The van der Waals surface area contributed by atoms with Gasteiger partial charge in [0.1, 0.15) is 11.8 Å². The minimum Gasteiger partial charge on any atom is -0.360 e. The fraction of sp³-hybridized carbons (Fsp3) is 0.389. The number of carbonyl (C=O) groups is 2. The Bertz CT molecular complexity index is 740. The molecule has 7 heteroatoms. The first-order valence-corrected chi connectivity index (χ1v) is 8.31. The van der Waals surface area contributed by atoms with Crippen molar-refractivity contribution in [3.8, 4) is 0 Å². The Balaban J connectivity index is 1.74. The molecule has 1 aromatic heterocycles.